The van der Waals surface area contributed by atoms with Gasteiger partial charge in [-0.05, 0) is 55.3 Å². The predicted octanol–water partition coefficient (Wildman–Crippen LogP) is 5.22. The summed E-state index contributed by atoms with van der Waals surface area (Å²) in [5, 5.41) is 2.08. The van der Waals surface area contributed by atoms with Crippen LogP contribution < -0.4 is 0 Å². The van der Waals surface area contributed by atoms with E-state index in [-0.39, 0.29) is 0 Å². The Morgan fingerprint density at radius 1 is 0.900 bits per heavy atom. The van der Waals surface area contributed by atoms with Gasteiger partial charge in [-0.3, -0.25) is 0 Å². The molecule has 0 spiro atoms. The first-order valence-electron chi connectivity index (χ1n) is 6.25. The zero-order valence-corrected chi connectivity index (χ0v) is 12.6. The van der Waals surface area contributed by atoms with Crippen molar-refractivity contribution in [2.75, 3.05) is 0 Å². The first kappa shape index (κ1) is 13.3. The van der Waals surface area contributed by atoms with Gasteiger partial charge < -0.3 is 0 Å². The highest BCUT2D eigenvalue weighted by atomic mass is 35.5. The van der Waals surface area contributed by atoms with E-state index in [4.69, 9.17) is 23.2 Å². The van der Waals surface area contributed by atoms with Crippen LogP contribution in [0.1, 0.15) is 11.1 Å². The van der Waals surface area contributed by atoms with Gasteiger partial charge in [0.05, 0.1) is 5.52 Å². The van der Waals surface area contributed by atoms with Crippen LogP contribution in [0.4, 0.5) is 0 Å². The van der Waals surface area contributed by atoms with E-state index in [0.717, 1.165) is 27.6 Å². The van der Waals surface area contributed by atoms with Gasteiger partial charge in [-0.15, -0.1) is 0 Å². The van der Waals surface area contributed by atoms with Crippen molar-refractivity contribution in [3.8, 4) is 11.4 Å². The number of aromatic nitrogens is 2. The Hall–Kier alpha value is -1.64. The summed E-state index contributed by atoms with van der Waals surface area (Å²) in [5.74, 6) is 0.615. The number of halogens is 2. The van der Waals surface area contributed by atoms with Crippen molar-refractivity contribution >= 4 is 34.1 Å². The largest absolute Gasteiger partial charge is 0.228 e. The van der Waals surface area contributed by atoms with Crippen LogP contribution in [0.15, 0.2) is 36.4 Å². The van der Waals surface area contributed by atoms with Crippen molar-refractivity contribution in [1.29, 1.82) is 0 Å². The molecule has 0 aliphatic heterocycles. The van der Waals surface area contributed by atoms with Crippen molar-refractivity contribution in [3.05, 3.63) is 57.7 Å². The van der Waals surface area contributed by atoms with Crippen molar-refractivity contribution < 1.29 is 0 Å². The first-order valence-corrected chi connectivity index (χ1v) is 7.00. The normalized spacial score (nSPS) is 11.0. The number of hydrogen-bond donors (Lipinski definition) is 0. The Morgan fingerprint density at radius 3 is 2.30 bits per heavy atom. The Balaban J connectivity index is 2.26. The summed E-state index contributed by atoms with van der Waals surface area (Å²) in [5.41, 5.74) is 4.02. The lowest BCUT2D eigenvalue weighted by Crippen LogP contribution is -1.94. The minimum atomic E-state index is 0.484. The summed E-state index contributed by atoms with van der Waals surface area (Å²) >= 11 is 12.2. The maximum Gasteiger partial charge on any atom is 0.161 e. The van der Waals surface area contributed by atoms with E-state index >= 15 is 0 Å². The molecule has 3 aromatic rings. The molecule has 0 aliphatic carbocycles. The van der Waals surface area contributed by atoms with Crippen LogP contribution in [0, 0.1) is 13.8 Å². The molecule has 0 N–H and O–H groups in total. The van der Waals surface area contributed by atoms with Crippen LogP contribution in [0.5, 0.6) is 0 Å². The molecule has 3 rings (SSSR count). The molecule has 2 aromatic carbocycles. The summed E-state index contributed by atoms with van der Waals surface area (Å²) in [6.45, 7) is 4.07. The van der Waals surface area contributed by atoms with Gasteiger partial charge in [0.25, 0.3) is 0 Å². The maximum atomic E-state index is 6.32. The molecule has 0 saturated heterocycles. The highest BCUT2D eigenvalue weighted by molar-refractivity contribution is 6.34. The van der Waals surface area contributed by atoms with Gasteiger partial charge in [-0.1, -0.05) is 29.3 Å². The van der Waals surface area contributed by atoms with Gasteiger partial charge >= 0.3 is 0 Å². The van der Waals surface area contributed by atoms with Gasteiger partial charge in [0.2, 0.25) is 0 Å². The molecule has 0 unspecified atom stereocenters. The lowest BCUT2D eigenvalue weighted by molar-refractivity contribution is 1.22. The molecule has 100 valence electrons. The van der Waals surface area contributed by atoms with Crippen LogP contribution in [-0.4, -0.2) is 9.97 Å². The van der Waals surface area contributed by atoms with E-state index in [2.05, 4.69) is 16.0 Å². The van der Waals surface area contributed by atoms with Gasteiger partial charge in [0.15, 0.2) is 5.82 Å². The fraction of sp³-hybridized carbons (Fsp3) is 0.125. The van der Waals surface area contributed by atoms with Crippen LogP contribution >= 0.6 is 23.2 Å². The minimum Gasteiger partial charge on any atom is -0.228 e. The molecule has 20 heavy (non-hydrogen) atoms. The zero-order valence-electron chi connectivity index (χ0n) is 11.1. The third-order valence-electron chi connectivity index (χ3n) is 3.20. The predicted molar refractivity (Wildman–Crippen MR) is 84.5 cm³/mol. The van der Waals surface area contributed by atoms with Crippen LogP contribution in [0.2, 0.25) is 10.2 Å². The number of benzene rings is 2. The number of fused-ring (bicyclic) bond motifs is 1. The fourth-order valence-corrected chi connectivity index (χ4v) is 2.77. The topological polar surface area (TPSA) is 25.8 Å². The summed E-state index contributed by atoms with van der Waals surface area (Å²) in [7, 11) is 0. The van der Waals surface area contributed by atoms with Crippen molar-refractivity contribution in [1.82, 2.24) is 9.97 Å². The molecular weight excluding hydrogens is 291 g/mol. The van der Waals surface area contributed by atoms with E-state index < -0.39 is 0 Å². The molecule has 0 atom stereocenters. The van der Waals surface area contributed by atoms with Gasteiger partial charge in [-0.25, -0.2) is 9.97 Å². The summed E-state index contributed by atoms with van der Waals surface area (Å²) < 4.78 is 0. The first-order chi connectivity index (χ1) is 9.54. The summed E-state index contributed by atoms with van der Waals surface area (Å²) in [6.07, 6.45) is 0. The molecule has 0 bridgehead atoms. The molecule has 2 nitrogen and oxygen atoms in total. The SMILES string of the molecule is Cc1cc(C)c2c(Cl)nc(-c3ccc(Cl)cc3)nc2c1. The lowest BCUT2D eigenvalue weighted by atomic mass is 10.1. The second-order valence-electron chi connectivity index (χ2n) is 4.82. The number of rotatable bonds is 1. The minimum absolute atomic E-state index is 0.484. The number of nitrogens with zero attached hydrogens (tertiary/aromatic N) is 2. The maximum absolute atomic E-state index is 6.32. The second-order valence-corrected chi connectivity index (χ2v) is 5.62. The molecule has 0 radical (unpaired) electrons. The van der Waals surface area contributed by atoms with Gasteiger partial charge in [-0.2, -0.15) is 0 Å². The Kier molecular flexibility index (Phi) is 3.36. The molecular formula is C16H12Cl2N2. The molecule has 0 aliphatic rings. The highest BCUT2D eigenvalue weighted by Crippen LogP contribution is 2.28. The number of aryl methyl sites for hydroxylation is 2. The molecule has 0 saturated carbocycles. The van der Waals surface area contributed by atoms with Gasteiger partial charge in [0, 0.05) is 16.0 Å². The zero-order chi connectivity index (χ0) is 14.3. The van der Waals surface area contributed by atoms with Crippen LogP contribution in [0.25, 0.3) is 22.3 Å². The van der Waals surface area contributed by atoms with Gasteiger partial charge in [0.1, 0.15) is 5.15 Å². The summed E-state index contributed by atoms with van der Waals surface area (Å²) in [4.78, 5) is 9.02. The molecule has 0 amide bonds. The standard InChI is InChI=1S/C16H12Cl2N2/c1-9-7-10(2)14-13(8-9)19-16(20-15(14)18)11-3-5-12(17)6-4-11/h3-8H,1-2H3. The van der Waals surface area contributed by atoms with E-state index in [9.17, 15) is 0 Å². The van der Waals surface area contributed by atoms with E-state index in [0.29, 0.717) is 16.0 Å². The molecule has 1 aromatic heterocycles. The van der Waals surface area contributed by atoms with Crippen LogP contribution in [0.3, 0.4) is 0 Å². The summed E-state index contributed by atoms with van der Waals surface area (Å²) in [6, 6.07) is 11.5. The molecule has 1 heterocycles. The third-order valence-corrected chi connectivity index (χ3v) is 3.72. The van der Waals surface area contributed by atoms with Crippen molar-refractivity contribution in [2.24, 2.45) is 0 Å². The Morgan fingerprint density at radius 2 is 1.60 bits per heavy atom. The highest BCUT2D eigenvalue weighted by Gasteiger charge is 2.10. The lowest BCUT2D eigenvalue weighted by Gasteiger charge is -2.08. The monoisotopic (exact) mass is 302 g/mol. The quantitative estimate of drug-likeness (QED) is 0.576. The average Bonchev–Trinajstić information content (AvgIpc) is 2.38. The smallest absolute Gasteiger partial charge is 0.161 e. The third kappa shape index (κ3) is 2.37. The van der Waals surface area contributed by atoms with E-state index in [1.807, 2.05) is 44.2 Å². The second kappa shape index (κ2) is 5.04. The Labute approximate surface area is 127 Å². The average molecular weight is 303 g/mol. The number of hydrogen-bond acceptors (Lipinski definition) is 2. The fourth-order valence-electron chi connectivity index (χ4n) is 2.32. The van der Waals surface area contributed by atoms with Crippen molar-refractivity contribution in [2.45, 2.75) is 13.8 Å². The van der Waals surface area contributed by atoms with E-state index in [1.165, 1.54) is 0 Å². The van der Waals surface area contributed by atoms with Crippen LogP contribution in [-0.2, 0) is 0 Å². The molecule has 4 heteroatoms. The Bertz CT molecular complexity index is 796. The van der Waals surface area contributed by atoms with Crippen molar-refractivity contribution in [3.63, 3.8) is 0 Å². The molecule has 0 fully saturated rings. The van der Waals surface area contributed by atoms with E-state index in [1.54, 1.807) is 0 Å².